The number of benzene rings is 1. The smallest absolute Gasteiger partial charge is 0.133 e. The van der Waals surface area contributed by atoms with Gasteiger partial charge < -0.3 is 16.2 Å². The van der Waals surface area contributed by atoms with Crippen LogP contribution in [0, 0.1) is 5.92 Å². The quantitative estimate of drug-likeness (QED) is 0.907. The van der Waals surface area contributed by atoms with Crippen LogP contribution >= 0.6 is 12.4 Å². The van der Waals surface area contributed by atoms with Crippen molar-refractivity contribution < 1.29 is 4.74 Å². The molecule has 1 aliphatic rings. The van der Waals surface area contributed by atoms with Gasteiger partial charge in [-0.05, 0) is 37.0 Å². The Hall–Kier alpha value is -1.94. The van der Waals surface area contributed by atoms with E-state index in [1.807, 2.05) is 30.3 Å². The van der Waals surface area contributed by atoms with Crippen LogP contribution in [0.2, 0.25) is 0 Å². The summed E-state index contributed by atoms with van der Waals surface area (Å²) >= 11 is 0. The van der Waals surface area contributed by atoms with Crippen molar-refractivity contribution in [2.45, 2.75) is 12.8 Å². The number of para-hydroxylation sites is 1. The number of hydrogen-bond donors (Lipinski definition) is 2. The molecule has 0 radical (unpaired) electrons. The molecule has 5 heteroatoms. The maximum absolute atomic E-state index is 5.94. The minimum absolute atomic E-state index is 0. The lowest BCUT2D eigenvalue weighted by Crippen LogP contribution is -2.02. The second-order valence-electron chi connectivity index (χ2n) is 4.92. The van der Waals surface area contributed by atoms with Crippen LogP contribution in [-0.4, -0.2) is 11.6 Å². The van der Waals surface area contributed by atoms with Gasteiger partial charge in [0.2, 0.25) is 0 Å². The predicted molar refractivity (Wildman–Crippen MR) is 84.0 cm³/mol. The van der Waals surface area contributed by atoms with Crippen LogP contribution in [0.25, 0.3) is 11.1 Å². The number of hydrogen-bond acceptors (Lipinski definition) is 4. The van der Waals surface area contributed by atoms with Crippen LogP contribution in [0.4, 0.5) is 11.6 Å². The van der Waals surface area contributed by atoms with Gasteiger partial charge in [0.1, 0.15) is 17.4 Å². The summed E-state index contributed by atoms with van der Waals surface area (Å²) in [6.45, 7) is 0.777. The first-order chi connectivity index (χ1) is 9.24. The highest BCUT2D eigenvalue weighted by atomic mass is 35.5. The van der Waals surface area contributed by atoms with E-state index in [4.69, 9.17) is 16.2 Å². The second-order valence-corrected chi connectivity index (χ2v) is 4.92. The van der Waals surface area contributed by atoms with Gasteiger partial charge in [-0.15, -0.1) is 12.4 Å². The second kappa shape index (κ2) is 6.01. The minimum atomic E-state index is 0. The molecule has 1 saturated carbocycles. The van der Waals surface area contributed by atoms with Gasteiger partial charge in [-0.1, -0.05) is 18.2 Å². The van der Waals surface area contributed by atoms with Crippen molar-refractivity contribution in [1.29, 1.82) is 0 Å². The Morgan fingerprint density at radius 1 is 1.05 bits per heavy atom. The Morgan fingerprint density at radius 2 is 1.80 bits per heavy atom. The molecular formula is C15H18ClN3O. The molecule has 4 nitrogen and oxygen atoms in total. The molecule has 3 rings (SSSR count). The van der Waals surface area contributed by atoms with Gasteiger partial charge in [-0.25, -0.2) is 4.98 Å². The van der Waals surface area contributed by atoms with E-state index in [-0.39, 0.29) is 12.4 Å². The number of halogens is 1. The third-order valence-corrected chi connectivity index (χ3v) is 3.29. The molecule has 0 saturated heterocycles. The molecule has 0 aliphatic heterocycles. The van der Waals surface area contributed by atoms with Crippen LogP contribution in [0.3, 0.4) is 0 Å². The van der Waals surface area contributed by atoms with Crippen LogP contribution in [0.15, 0.2) is 36.4 Å². The van der Waals surface area contributed by atoms with Crippen molar-refractivity contribution >= 4 is 24.0 Å². The molecule has 1 aliphatic carbocycles. The van der Waals surface area contributed by atoms with Crippen LogP contribution in [-0.2, 0) is 0 Å². The fourth-order valence-corrected chi connectivity index (χ4v) is 2.03. The molecule has 0 unspecified atom stereocenters. The van der Waals surface area contributed by atoms with Crippen molar-refractivity contribution in [3.63, 3.8) is 0 Å². The third-order valence-electron chi connectivity index (χ3n) is 3.29. The molecule has 106 valence electrons. The minimum Gasteiger partial charge on any atom is -0.493 e. The largest absolute Gasteiger partial charge is 0.493 e. The number of ether oxygens (including phenoxy) is 1. The number of aromatic nitrogens is 1. The number of nitrogen functional groups attached to an aromatic ring is 2. The Labute approximate surface area is 124 Å². The average Bonchev–Trinajstić information content (AvgIpc) is 3.21. The summed E-state index contributed by atoms with van der Waals surface area (Å²) in [5.41, 5.74) is 13.4. The first-order valence-electron chi connectivity index (χ1n) is 6.48. The summed E-state index contributed by atoms with van der Waals surface area (Å²) in [6, 6.07) is 11.5. The summed E-state index contributed by atoms with van der Waals surface area (Å²) < 4.78 is 5.89. The zero-order valence-electron chi connectivity index (χ0n) is 11.1. The molecule has 1 fully saturated rings. The highest BCUT2D eigenvalue weighted by Gasteiger charge is 2.22. The molecule has 0 atom stereocenters. The van der Waals surface area contributed by atoms with Gasteiger partial charge in [0, 0.05) is 11.1 Å². The van der Waals surface area contributed by atoms with E-state index in [2.05, 4.69) is 4.98 Å². The molecule has 0 amide bonds. The van der Waals surface area contributed by atoms with Crippen molar-refractivity contribution in [3.8, 4) is 16.9 Å². The average molecular weight is 292 g/mol. The predicted octanol–water partition coefficient (Wildman–Crippen LogP) is 3.12. The monoisotopic (exact) mass is 291 g/mol. The van der Waals surface area contributed by atoms with Crippen LogP contribution < -0.4 is 16.2 Å². The number of anilines is 2. The maximum Gasteiger partial charge on any atom is 0.133 e. The molecule has 2 aromatic rings. The van der Waals surface area contributed by atoms with E-state index in [0.717, 1.165) is 29.4 Å². The summed E-state index contributed by atoms with van der Waals surface area (Å²) in [5, 5.41) is 0. The molecule has 1 heterocycles. The van der Waals surface area contributed by atoms with E-state index in [0.29, 0.717) is 11.6 Å². The van der Waals surface area contributed by atoms with E-state index in [9.17, 15) is 0 Å². The third kappa shape index (κ3) is 3.14. The Balaban J connectivity index is 0.00000147. The first kappa shape index (κ1) is 14.5. The molecule has 20 heavy (non-hydrogen) atoms. The molecular weight excluding hydrogens is 274 g/mol. The number of rotatable bonds is 4. The fraction of sp³-hybridized carbons (Fsp3) is 0.267. The van der Waals surface area contributed by atoms with E-state index in [1.165, 1.54) is 12.8 Å². The molecule has 4 N–H and O–H groups in total. The molecule has 0 spiro atoms. The fourth-order valence-electron chi connectivity index (χ4n) is 2.03. The van der Waals surface area contributed by atoms with Crippen molar-refractivity contribution in [2.24, 2.45) is 5.92 Å². The summed E-state index contributed by atoms with van der Waals surface area (Å²) in [7, 11) is 0. The maximum atomic E-state index is 5.94. The number of nitrogens with two attached hydrogens (primary N) is 2. The van der Waals surface area contributed by atoms with E-state index in [1.54, 1.807) is 6.07 Å². The van der Waals surface area contributed by atoms with E-state index >= 15 is 0 Å². The normalized spacial score (nSPS) is 13.6. The lowest BCUT2D eigenvalue weighted by atomic mass is 10.1. The summed E-state index contributed by atoms with van der Waals surface area (Å²) in [5.74, 6) is 2.43. The Bertz CT molecular complexity index is 599. The van der Waals surface area contributed by atoms with Crippen molar-refractivity contribution in [3.05, 3.63) is 36.4 Å². The van der Waals surface area contributed by atoms with Gasteiger partial charge in [-0.3, -0.25) is 0 Å². The lowest BCUT2D eigenvalue weighted by Gasteiger charge is -2.12. The van der Waals surface area contributed by atoms with Gasteiger partial charge in [0.05, 0.1) is 6.61 Å². The Morgan fingerprint density at radius 3 is 2.50 bits per heavy atom. The van der Waals surface area contributed by atoms with Crippen molar-refractivity contribution in [2.75, 3.05) is 18.1 Å². The SMILES string of the molecule is Cl.Nc1ccc(-c2ccccc2OCC2CC2)c(N)n1. The van der Waals surface area contributed by atoms with E-state index < -0.39 is 0 Å². The molecule has 0 bridgehead atoms. The number of nitrogens with zero attached hydrogens (tertiary/aromatic N) is 1. The zero-order chi connectivity index (χ0) is 13.2. The van der Waals surface area contributed by atoms with Gasteiger partial charge in [0.15, 0.2) is 0 Å². The van der Waals surface area contributed by atoms with Gasteiger partial charge in [0.25, 0.3) is 0 Å². The highest BCUT2D eigenvalue weighted by molar-refractivity contribution is 5.85. The van der Waals surface area contributed by atoms with Gasteiger partial charge in [-0.2, -0.15) is 0 Å². The van der Waals surface area contributed by atoms with Gasteiger partial charge >= 0.3 is 0 Å². The summed E-state index contributed by atoms with van der Waals surface area (Å²) in [6.07, 6.45) is 2.54. The topological polar surface area (TPSA) is 74.2 Å². The molecule has 1 aromatic carbocycles. The van der Waals surface area contributed by atoms with Crippen molar-refractivity contribution in [1.82, 2.24) is 4.98 Å². The standard InChI is InChI=1S/C15H17N3O.ClH/c16-14-8-7-12(15(17)18-14)11-3-1-2-4-13(11)19-9-10-5-6-10;/h1-4,7-8,10H,5-6,9H2,(H4,16,17,18);1H. The highest BCUT2D eigenvalue weighted by Crippen LogP contribution is 2.35. The summed E-state index contributed by atoms with van der Waals surface area (Å²) in [4.78, 5) is 4.10. The first-order valence-corrected chi connectivity index (χ1v) is 6.48. The number of pyridine rings is 1. The van der Waals surface area contributed by atoms with Crippen LogP contribution in [0.1, 0.15) is 12.8 Å². The molecule has 1 aromatic heterocycles. The Kier molecular flexibility index (Phi) is 4.35. The van der Waals surface area contributed by atoms with Crippen LogP contribution in [0.5, 0.6) is 5.75 Å². The zero-order valence-corrected chi connectivity index (χ0v) is 11.9. The lowest BCUT2D eigenvalue weighted by molar-refractivity contribution is 0.301.